The quantitative estimate of drug-likeness (QED) is 0.196. The predicted molar refractivity (Wildman–Crippen MR) is 97.5 cm³/mol. The molecule has 15 heteroatoms. The molecule has 4 amide bonds. The third-order valence-electron chi connectivity index (χ3n) is 3.85. The summed E-state index contributed by atoms with van der Waals surface area (Å²) in [6, 6.07) is -2.30. The molecule has 0 aliphatic carbocycles. The summed E-state index contributed by atoms with van der Waals surface area (Å²) in [7, 11) is -4.85. The number of alkyl carbamates (subject to hydrolysis) is 1. The number of hydrogen-bond donors (Lipinski definition) is 3. The number of fused-ring (bicyclic) bond motifs is 2. The van der Waals surface area contributed by atoms with Gasteiger partial charge in [0.05, 0.1) is 12.6 Å². The first kappa shape index (κ1) is 25.9. The van der Waals surface area contributed by atoms with Crippen LogP contribution in [0.2, 0.25) is 0 Å². The van der Waals surface area contributed by atoms with Crippen molar-refractivity contribution in [3.05, 3.63) is 0 Å². The topological polar surface area (TPSA) is 164 Å². The zero-order chi connectivity index (χ0) is 21.1. The number of ether oxygens (including phenoxy) is 1. The average Bonchev–Trinajstić information content (AvgIpc) is 2.76. The van der Waals surface area contributed by atoms with Gasteiger partial charge in [0.1, 0.15) is 11.6 Å². The van der Waals surface area contributed by atoms with E-state index in [0.29, 0.717) is 11.5 Å². The van der Waals surface area contributed by atoms with Gasteiger partial charge in [-0.3, -0.25) is 14.2 Å². The molecule has 0 saturated carbocycles. The summed E-state index contributed by atoms with van der Waals surface area (Å²) in [4.78, 5) is 42.0. The Morgan fingerprint density at radius 3 is 2.52 bits per heavy atom. The van der Waals surface area contributed by atoms with E-state index in [1.54, 1.807) is 20.8 Å². The van der Waals surface area contributed by atoms with Crippen molar-refractivity contribution in [2.45, 2.75) is 51.3 Å². The van der Waals surface area contributed by atoms with Crippen LogP contribution in [0.5, 0.6) is 0 Å². The number of urea groups is 1. The molecule has 2 heterocycles. The van der Waals surface area contributed by atoms with Crippen LogP contribution in [0.4, 0.5) is 9.59 Å². The first-order valence-corrected chi connectivity index (χ1v) is 9.89. The van der Waals surface area contributed by atoms with Crippen LogP contribution in [0.25, 0.3) is 0 Å². The third-order valence-corrected chi connectivity index (χ3v) is 4.19. The predicted octanol–water partition coefficient (Wildman–Crippen LogP) is -0.819. The van der Waals surface area contributed by atoms with Crippen LogP contribution in [0, 0.1) is 0 Å². The molecule has 2 fully saturated rings. The summed E-state index contributed by atoms with van der Waals surface area (Å²) in [5.41, 5.74) is 1.56. The molecule has 0 unspecified atom stereocenters. The number of rotatable bonds is 7. The van der Waals surface area contributed by atoms with Gasteiger partial charge in [-0.05, 0) is 33.6 Å². The molecule has 0 spiro atoms. The molecular weight excluding hydrogens is 423 g/mol. The van der Waals surface area contributed by atoms with Crippen molar-refractivity contribution in [2.75, 3.05) is 19.7 Å². The number of hydroxylamine groups is 3. The molecule has 3 N–H and O–H groups in total. The van der Waals surface area contributed by atoms with Crippen LogP contribution in [0.15, 0.2) is 0 Å². The Labute approximate surface area is 190 Å². The van der Waals surface area contributed by atoms with E-state index in [9.17, 15) is 22.8 Å². The van der Waals surface area contributed by atoms with Crippen LogP contribution in [-0.2, 0) is 29.1 Å². The summed E-state index contributed by atoms with van der Waals surface area (Å²) < 4.78 is 39.8. The van der Waals surface area contributed by atoms with E-state index in [-0.39, 0.29) is 55.7 Å². The summed E-state index contributed by atoms with van der Waals surface area (Å²) in [6.45, 7) is 5.29. The molecule has 0 aromatic carbocycles. The van der Waals surface area contributed by atoms with Gasteiger partial charge in [-0.2, -0.15) is 13.5 Å². The summed E-state index contributed by atoms with van der Waals surface area (Å²) in [6.07, 6.45) is -0.0642. The maximum absolute atomic E-state index is 12.2. The van der Waals surface area contributed by atoms with Crippen molar-refractivity contribution in [2.24, 2.45) is 0 Å². The van der Waals surface area contributed by atoms with Gasteiger partial charge in [-0.1, -0.05) is 0 Å². The zero-order valence-electron chi connectivity index (χ0n) is 16.7. The average molecular weight is 447 g/mol. The molecule has 0 aromatic rings. The number of carbonyl (C=O) groups is 3. The van der Waals surface area contributed by atoms with Gasteiger partial charge < -0.3 is 15.0 Å². The molecule has 13 nitrogen and oxygen atoms in total. The van der Waals surface area contributed by atoms with E-state index in [4.69, 9.17) is 14.1 Å². The molecule has 2 atom stereocenters. The fraction of sp³-hybridized carbons (Fsp3) is 0.786. The number of piperidine rings is 1. The standard InChI is InChI=1S/C14H24N4O9S.Na/c1-14(2,3)26-12(20)15-6-7-25-16-11(19)10-5-4-9-8-17(10)13(21)18(9)27-28(22,23)24;/h9-10H,4-8H2,1-3H3,(H,15,20)(H,16,19)(H,22,23,24);/t9-,10+;/m1./s1. The molecule has 2 bridgehead atoms. The summed E-state index contributed by atoms with van der Waals surface area (Å²) >= 11 is 0. The van der Waals surface area contributed by atoms with Gasteiger partial charge in [0, 0.05) is 42.6 Å². The fourth-order valence-corrected chi connectivity index (χ4v) is 3.20. The molecule has 2 rings (SSSR count). The van der Waals surface area contributed by atoms with E-state index < -0.39 is 46.1 Å². The maximum Gasteiger partial charge on any atom is 0.418 e. The Bertz CT molecular complexity index is 727. The molecule has 2 saturated heterocycles. The Hall–Kier alpha value is -1.16. The van der Waals surface area contributed by atoms with Crippen LogP contribution in [-0.4, -0.2) is 108 Å². The number of nitrogens with one attached hydrogen (secondary N) is 2. The third kappa shape index (κ3) is 7.88. The molecule has 29 heavy (non-hydrogen) atoms. The Morgan fingerprint density at radius 2 is 1.93 bits per heavy atom. The Kier molecular flexibility index (Phi) is 9.13. The summed E-state index contributed by atoms with van der Waals surface area (Å²) in [5, 5.41) is 3.00. The second-order valence-corrected chi connectivity index (χ2v) is 8.26. The molecular formula is C14H24N4NaO9S. The fourth-order valence-electron chi connectivity index (χ4n) is 2.81. The van der Waals surface area contributed by atoms with E-state index in [2.05, 4.69) is 15.1 Å². The molecule has 2 aliphatic heterocycles. The van der Waals surface area contributed by atoms with E-state index in [0.717, 1.165) is 4.90 Å². The minimum Gasteiger partial charge on any atom is -0.444 e. The van der Waals surface area contributed by atoms with Crippen LogP contribution < -0.4 is 10.8 Å². The van der Waals surface area contributed by atoms with Crippen LogP contribution >= 0.6 is 0 Å². The molecule has 0 aromatic heterocycles. The van der Waals surface area contributed by atoms with Crippen molar-refractivity contribution >= 4 is 58.0 Å². The van der Waals surface area contributed by atoms with Crippen LogP contribution in [0.3, 0.4) is 0 Å². The number of hydrogen-bond acceptors (Lipinski definition) is 8. The maximum atomic E-state index is 12.2. The zero-order valence-corrected chi connectivity index (χ0v) is 19.5. The number of amides is 4. The van der Waals surface area contributed by atoms with E-state index >= 15 is 0 Å². The first-order chi connectivity index (χ1) is 12.9. The normalized spacial score (nSPS) is 21.4. The van der Waals surface area contributed by atoms with Crippen molar-refractivity contribution in [3.63, 3.8) is 0 Å². The first-order valence-electron chi connectivity index (χ1n) is 8.53. The van der Waals surface area contributed by atoms with Gasteiger partial charge in [0.25, 0.3) is 5.91 Å². The minimum absolute atomic E-state index is 0. The van der Waals surface area contributed by atoms with Gasteiger partial charge in [-0.15, -0.1) is 4.28 Å². The largest absolute Gasteiger partial charge is 0.444 e. The van der Waals surface area contributed by atoms with Crippen LogP contribution in [0.1, 0.15) is 33.6 Å². The second-order valence-electron chi connectivity index (χ2n) is 7.25. The van der Waals surface area contributed by atoms with Crippen molar-refractivity contribution in [3.8, 4) is 0 Å². The van der Waals surface area contributed by atoms with E-state index in [1.165, 1.54) is 0 Å². The Morgan fingerprint density at radius 1 is 1.28 bits per heavy atom. The second kappa shape index (κ2) is 10.2. The summed E-state index contributed by atoms with van der Waals surface area (Å²) in [5.74, 6) is -0.599. The van der Waals surface area contributed by atoms with Gasteiger partial charge in [0.15, 0.2) is 0 Å². The SMILES string of the molecule is CC(C)(C)OC(=O)NCCONC(=O)[C@@H]1CC[C@@H]2CN1C(=O)N2OS(=O)(=O)O.[Na]. The van der Waals surface area contributed by atoms with E-state index in [1.807, 2.05) is 0 Å². The van der Waals surface area contributed by atoms with Crippen molar-refractivity contribution in [1.29, 1.82) is 0 Å². The minimum atomic E-state index is -4.85. The van der Waals surface area contributed by atoms with Gasteiger partial charge in [0.2, 0.25) is 0 Å². The number of nitrogens with zero attached hydrogens (tertiary/aromatic N) is 2. The number of carbonyl (C=O) groups excluding carboxylic acids is 3. The molecule has 2 aliphatic rings. The molecule has 1 radical (unpaired) electrons. The Balaban J connectivity index is 0.00000420. The van der Waals surface area contributed by atoms with Crippen molar-refractivity contribution in [1.82, 2.24) is 20.8 Å². The monoisotopic (exact) mass is 447 g/mol. The molecule has 161 valence electrons. The van der Waals surface area contributed by atoms with Gasteiger partial charge in [-0.25, -0.2) is 15.1 Å². The van der Waals surface area contributed by atoms with Crippen molar-refractivity contribution < 1.29 is 41.2 Å². The van der Waals surface area contributed by atoms with Gasteiger partial charge >= 0.3 is 22.5 Å². The smallest absolute Gasteiger partial charge is 0.418 e.